The molecule has 1 fully saturated rings. The molecule has 1 unspecified atom stereocenters. The normalized spacial score (nSPS) is 18.2. The van der Waals surface area contributed by atoms with Crippen LogP contribution in [-0.4, -0.2) is 45.6 Å². The number of ether oxygens (including phenoxy) is 1. The van der Waals surface area contributed by atoms with Gasteiger partial charge in [-0.15, -0.1) is 11.8 Å². The molecule has 0 radical (unpaired) electrons. The van der Waals surface area contributed by atoms with E-state index in [2.05, 4.69) is 10.3 Å². The number of nitrogens with zero attached hydrogens (tertiary/aromatic N) is 3. The van der Waals surface area contributed by atoms with E-state index in [9.17, 15) is 14.0 Å². The van der Waals surface area contributed by atoms with Gasteiger partial charge >= 0.3 is 0 Å². The van der Waals surface area contributed by atoms with Gasteiger partial charge in [-0.3, -0.25) is 9.59 Å². The molecule has 2 aromatic carbocycles. The van der Waals surface area contributed by atoms with Crippen molar-refractivity contribution in [1.82, 2.24) is 14.5 Å². The molecule has 1 N–H and O–H groups in total. The fraction of sp³-hybridized carbons (Fsp3) is 0.346. The minimum Gasteiger partial charge on any atom is -0.365 e. The number of hydrogen-bond donors (Lipinski definition) is 1. The number of carbonyl (C=O) groups is 2. The zero-order chi connectivity index (χ0) is 24.4. The Morgan fingerprint density at radius 3 is 2.49 bits per heavy atom. The van der Waals surface area contributed by atoms with Crippen molar-refractivity contribution < 1.29 is 18.7 Å². The lowest BCUT2D eigenvalue weighted by Gasteiger charge is -2.31. The number of piperidine rings is 1. The lowest BCUT2D eigenvalue weighted by molar-refractivity contribution is -0.121. The molecular formula is C26H27FN4O3S. The summed E-state index contributed by atoms with van der Waals surface area (Å²) in [6, 6.07) is 14.1. The van der Waals surface area contributed by atoms with E-state index in [1.165, 1.54) is 12.1 Å². The van der Waals surface area contributed by atoms with Crippen molar-refractivity contribution in [3.63, 3.8) is 0 Å². The number of anilines is 1. The number of carbonyl (C=O) groups excluding carboxylic acids is 2. The Bertz CT molecular complexity index is 1200. The van der Waals surface area contributed by atoms with Gasteiger partial charge in [-0.25, -0.2) is 9.37 Å². The molecule has 2 aliphatic rings. The van der Waals surface area contributed by atoms with Crippen molar-refractivity contribution in [2.24, 2.45) is 5.92 Å². The van der Waals surface area contributed by atoms with Gasteiger partial charge in [0.05, 0.1) is 25.2 Å². The summed E-state index contributed by atoms with van der Waals surface area (Å²) in [6.45, 7) is 1.79. The summed E-state index contributed by atoms with van der Waals surface area (Å²) >= 11 is 1.66. The lowest BCUT2D eigenvalue weighted by Crippen LogP contribution is -2.42. The highest BCUT2D eigenvalue weighted by Crippen LogP contribution is 2.29. The molecule has 0 saturated carbocycles. The molecule has 1 aromatic heterocycles. The summed E-state index contributed by atoms with van der Waals surface area (Å²) in [5, 5.41) is 2.99. The highest BCUT2D eigenvalue weighted by molar-refractivity contribution is 7.98. The monoisotopic (exact) mass is 494 g/mol. The number of nitrogens with one attached hydrogen (secondary N) is 1. The van der Waals surface area contributed by atoms with Crippen LogP contribution >= 0.6 is 11.8 Å². The number of benzene rings is 2. The number of thioether (sulfide) groups is 1. The van der Waals surface area contributed by atoms with Crippen LogP contribution in [0, 0.1) is 11.7 Å². The van der Waals surface area contributed by atoms with Gasteiger partial charge in [-0.1, -0.05) is 12.1 Å². The van der Waals surface area contributed by atoms with Crippen LogP contribution in [-0.2, 0) is 22.7 Å². The second-order valence-electron chi connectivity index (χ2n) is 8.83. The summed E-state index contributed by atoms with van der Waals surface area (Å²) in [5.41, 5.74) is 2.83. The van der Waals surface area contributed by atoms with Crippen LogP contribution in [0.3, 0.4) is 0 Å². The van der Waals surface area contributed by atoms with Gasteiger partial charge in [0.25, 0.3) is 5.91 Å². The summed E-state index contributed by atoms with van der Waals surface area (Å²) < 4.78 is 21.1. The molecule has 35 heavy (non-hydrogen) atoms. The smallest absolute Gasteiger partial charge is 0.274 e. The Balaban J connectivity index is 1.17. The van der Waals surface area contributed by atoms with Crippen LogP contribution in [0.15, 0.2) is 59.8 Å². The minimum atomic E-state index is -0.285. The van der Waals surface area contributed by atoms with Crippen molar-refractivity contribution in [3.05, 3.63) is 77.6 Å². The molecule has 1 saturated heterocycles. The summed E-state index contributed by atoms with van der Waals surface area (Å²) in [5.74, 6) is -0.551. The van der Waals surface area contributed by atoms with E-state index in [4.69, 9.17) is 4.74 Å². The molecule has 0 spiro atoms. The van der Waals surface area contributed by atoms with Crippen molar-refractivity contribution in [1.29, 1.82) is 0 Å². The highest BCUT2D eigenvalue weighted by Gasteiger charge is 2.32. The van der Waals surface area contributed by atoms with E-state index >= 15 is 0 Å². The average Bonchev–Trinajstić information content (AvgIpc) is 3.32. The van der Waals surface area contributed by atoms with E-state index in [1.807, 2.05) is 35.1 Å². The predicted octanol–water partition coefficient (Wildman–Crippen LogP) is 4.51. The van der Waals surface area contributed by atoms with E-state index in [0.717, 1.165) is 21.8 Å². The zero-order valence-corrected chi connectivity index (χ0v) is 20.3. The quantitative estimate of drug-likeness (QED) is 0.529. The van der Waals surface area contributed by atoms with E-state index in [0.29, 0.717) is 38.2 Å². The third-order valence-corrected chi connectivity index (χ3v) is 7.43. The number of aromatic nitrogens is 2. The number of amides is 2. The maximum absolute atomic E-state index is 13.2. The van der Waals surface area contributed by atoms with Gasteiger partial charge in [0.2, 0.25) is 5.91 Å². The first-order chi connectivity index (χ1) is 17.0. The third kappa shape index (κ3) is 5.11. The van der Waals surface area contributed by atoms with Gasteiger partial charge in [-0.05, 0) is 61.1 Å². The molecule has 2 amide bonds. The predicted molar refractivity (Wildman–Crippen MR) is 132 cm³/mol. The van der Waals surface area contributed by atoms with Gasteiger partial charge in [0.1, 0.15) is 11.9 Å². The SMILES string of the molecule is CSc1ccc(NC(=O)C2CCN(C(=O)c3ncn4c3COC(c3ccc(F)cc3)C4)CC2)cc1. The largest absolute Gasteiger partial charge is 0.365 e. The molecule has 9 heteroatoms. The molecule has 2 aliphatic heterocycles. The first kappa shape index (κ1) is 23.6. The van der Waals surface area contributed by atoms with Gasteiger partial charge in [0, 0.05) is 29.6 Å². The maximum Gasteiger partial charge on any atom is 0.274 e. The van der Waals surface area contributed by atoms with Crippen molar-refractivity contribution >= 4 is 29.3 Å². The Labute approximate surface area is 207 Å². The van der Waals surface area contributed by atoms with Crippen molar-refractivity contribution in [3.8, 4) is 0 Å². The minimum absolute atomic E-state index is 0.00592. The highest BCUT2D eigenvalue weighted by atomic mass is 32.2. The fourth-order valence-corrected chi connectivity index (χ4v) is 5.01. The van der Waals surface area contributed by atoms with Crippen molar-refractivity contribution in [2.45, 2.75) is 37.0 Å². The average molecular weight is 495 g/mol. The number of halogens is 1. The molecule has 3 aromatic rings. The number of hydrogen-bond acceptors (Lipinski definition) is 5. The van der Waals surface area contributed by atoms with Crippen LogP contribution in [0.4, 0.5) is 10.1 Å². The topological polar surface area (TPSA) is 76.5 Å². The zero-order valence-electron chi connectivity index (χ0n) is 19.4. The van der Waals surface area contributed by atoms with Crippen molar-refractivity contribution in [2.75, 3.05) is 24.7 Å². The maximum atomic E-state index is 13.2. The standard InChI is InChI=1S/C26H27FN4O3S/c1-35-21-8-6-20(7-9-21)29-25(32)18-10-12-30(13-11-18)26(33)24-22-15-34-23(14-31(22)16-28-24)17-2-4-19(27)5-3-17/h2-9,16,18,23H,10-15H2,1H3,(H,29,32). The first-order valence-electron chi connectivity index (χ1n) is 11.7. The third-order valence-electron chi connectivity index (χ3n) is 6.68. The molecule has 0 aliphatic carbocycles. The number of fused-ring (bicyclic) bond motifs is 1. The Hall–Kier alpha value is -3.17. The van der Waals surface area contributed by atoms with Crippen LogP contribution in [0.1, 0.15) is 40.7 Å². The second kappa shape index (κ2) is 10.2. The molecular weight excluding hydrogens is 467 g/mol. The molecule has 182 valence electrons. The van der Waals surface area contributed by atoms with E-state index in [1.54, 1.807) is 35.1 Å². The number of imidazole rings is 1. The molecule has 1 atom stereocenters. The van der Waals surface area contributed by atoms with Crippen LogP contribution in [0.25, 0.3) is 0 Å². The molecule has 7 nitrogen and oxygen atoms in total. The van der Waals surface area contributed by atoms with Gasteiger partial charge in [-0.2, -0.15) is 0 Å². The van der Waals surface area contributed by atoms with E-state index in [-0.39, 0.29) is 36.3 Å². The summed E-state index contributed by atoms with van der Waals surface area (Å²) in [7, 11) is 0. The fourth-order valence-electron chi connectivity index (χ4n) is 4.60. The van der Waals surface area contributed by atoms with E-state index < -0.39 is 0 Å². The number of rotatable bonds is 5. The second-order valence-corrected chi connectivity index (χ2v) is 9.71. The molecule has 5 rings (SSSR count). The Morgan fingerprint density at radius 2 is 1.80 bits per heavy atom. The Kier molecular flexibility index (Phi) is 6.88. The Morgan fingerprint density at radius 1 is 1.09 bits per heavy atom. The van der Waals surface area contributed by atoms with Crippen LogP contribution < -0.4 is 5.32 Å². The summed E-state index contributed by atoms with van der Waals surface area (Å²) in [4.78, 5) is 33.2. The van der Waals surface area contributed by atoms with Gasteiger partial charge in [0.15, 0.2) is 5.69 Å². The molecule has 0 bridgehead atoms. The first-order valence-corrected chi connectivity index (χ1v) is 12.9. The summed E-state index contributed by atoms with van der Waals surface area (Å²) in [6.07, 6.45) is 4.69. The van der Waals surface area contributed by atoms with Crippen LogP contribution in [0.2, 0.25) is 0 Å². The number of likely N-dealkylation sites (tertiary alicyclic amines) is 1. The van der Waals surface area contributed by atoms with Gasteiger partial charge < -0.3 is 19.5 Å². The molecule has 3 heterocycles. The lowest BCUT2D eigenvalue weighted by atomic mass is 9.95. The van der Waals surface area contributed by atoms with Crippen LogP contribution in [0.5, 0.6) is 0 Å².